The zero-order chi connectivity index (χ0) is 34.5. The molecule has 2 amide bonds. The molecule has 0 saturated carbocycles. The van der Waals surface area contributed by atoms with Gasteiger partial charge in [0.05, 0.1) is 46.7 Å². The van der Waals surface area contributed by atoms with E-state index in [9.17, 15) is 19.5 Å². The fourth-order valence-electron chi connectivity index (χ4n) is 6.62. The van der Waals surface area contributed by atoms with Crippen molar-refractivity contribution in [1.29, 1.82) is 5.41 Å². The smallest absolute Gasteiger partial charge is 0.315 e. The minimum atomic E-state index is -1.38. The number of nitrogens with zero attached hydrogens (tertiary/aromatic N) is 1. The summed E-state index contributed by atoms with van der Waals surface area (Å²) in [5.41, 5.74) is 4.34. The number of nitrogens with one attached hydrogen (secondary N) is 1. The number of carbonyl (C=O) groups is 3. The number of Topliss-reactive ketones (excluding diaryl/α,β-unsaturated/α-hetero) is 1. The molecule has 4 N–H and O–H groups in total. The number of ketones is 1. The lowest BCUT2D eigenvalue weighted by Crippen LogP contribution is -2.62. The van der Waals surface area contributed by atoms with Crippen molar-refractivity contribution in [3.8, 4) is 28.7 Å². The molecule has 3 aromatic rings. The molecule has 12 nitrogen and oxygen atoms in total. The molecule has 1 fully saturated rings. The van der Waals surface area contributed by atoms with E-state index in [4.69, 9.17) is 34.8 Å². The number of benzene rings is 3. The minimum absolute atomic E-state index is 0.0359. The van der Waals surface area contributed by atoms with E-state index in [1.165, 1.54) is 52.6 Å². The van der Waals surface area contributed by atoms with Crippen LogP contribution in [0.5, 0.6) is 28.7 Å². The molecule has 1 saturated heterocycles. The van der Waals surface area contributed by atoms with Gasteiger partial charge in [-0.3, -0.25) is 9.59 Å². The lowest BCUT2D eigenvalue weighted by Gasteiger charge is -2.51. The van der Waals surface area contributed by atoms with Crippen molar-refractivity contribution in [1.82, 2.24) is 4.90 Å². The molecule has 1 heterocycles. The van der Waals surface area contributed by atoms with Crippen molar-refractivity contribution >= 4 is 23.5 Å². The van der Waals surface area contributed by atoms with Gasteiger partial charge in [0.1, 0.15) is 0 Å². The van der Waals surface area contributed by atoms with Crippen LogP contribution in [-0.2, 0) is 15.6 Å². The van der Waals surface area contributed by atoms with Gasteiger partial charge in [-0.25, -0.2) is 4.79 Å². The molecule has 47 heavy (non-hydrogen) atoms. The number of carboxylic acids is 1. The van der Waals surface area contributed by atoms with Gasteiger partial charge in [-0.15, -0.1) is 0 Å². The number of likely N-dealkylation sites (tertiary alicyclic amines) is 1. The second-order valence-electron chi connectivity index (χ2n) is 11.6. The Morgan fingerprint density at radius 3 is 2.00 bits per heavy atom. The van der Waals surface area contributed by atoms with E-state index in [1.54, 1.807) is 55.5 Å². The average Bonchev–Trinajstić information content (AvgIpc) is 3.09. The van der Waals surface area contributed by atoms with Crippen LogP contribution in [0.2, 0.25) is 0 Å². The van der Waals surface area contributed by atoms with Crippen LogP contribution in [0.25, 0.3) is 0 Å². The lowest BCUT2D eigenvalue weighted by molar-refractivity contribution is -0.147. The molecular formula is C35H41N3O9. The summed E-state index contributed by atoms with van der Waals surface area (Å²) in [6, 6.07) is 15.4. The minimum Gasteiger partial charge on any atom is -0.493 e. The topological polar surface area (TPSA) is 171 Å². The van der Waals surface area contributed by atoms with E-state index < -0.39 is 34.7 Å². The van der Waals surface area contributed by atoms with Crippen molar-refractivity contribution in [3.05, 3.63) is 77.4 Å². The zero-order valence-electron chi connectivity index (χ0n) is 27.4. The summed E-state index contributed by atoms with van der Waals surface area (Å²) in [7, 11) is 7.28. The highest BCUT2D eigenvalue weighted by Crippen LogP contribution is 2.48. The van der Waals surface area contributed by atoms with Crippen LogP contribution in [0.3, 0.4) is 0 Å². The molecule has 1 aliphatic heterocycles. The number of primary amides is 1. The number of nitrogens with two attached hydrogens (primary N) is 1. The zero-order valence-corrected chi connectivity index (χ0v) is 27.4. The third-order valence-electron chi connectivity index (χ3n) is 9.24. The SMILES string of the molecule is COc1ccc(C(C)(CC(=N)C(=O)c2cc(OC)c(OC)c(OC)c2)C2CC(C(=O)O)(c3ccccc3)CCN2C(N)=O)cc1OC. The van der Waals surface area contributed by atoms with Gasteiger partial charge in [-0.1, -0.05) is 43.3 Å². The number of hydrogen-bond donors (Lipinski definition) is 3. The van der Waals surface area contributed by atoms with Crippen LogP contribution in [0.1, 0.15) is 47.7 Å². The van der Waals surface area contributed by atoms with E-state index in [-0.39, 0.29) is 48.6 Å². The normalized spacial score (nSPS) is 18.8. The number of hydrogen-bond acceptors (Lipinski definition) is 9. The van der Waals surface area contributed by atoms with Crippen LogP contribution in [0.4, 0.5) is 4.79 Å². The third kappa shape index (κ3) is 6.40. The number of carbonyl (C=O) groups excluding carboxylic acids is 2. The first-order valence-electron chi connectivity index (χ1n) is 14.9. The molecule has 3 atom stereocenters. The van der Waals surface area contributed by atoms with E-state index in [0.29, 0.717) is 28.4 Å². The van der Waals surface area contributed by atoms with Gasteiger partial charge in [-0.05, 0) is 48.2 Å². The van der Waals surface area contributed by atoms with Gasteiger partial charge in [0.25, 0.3) is 0 Å². The molecule has 3 unspecified atom stereocenters. The van der Waals surface area contributed by atoms with E-state index in [2.05, 4.69) is 0 Å². The average molecular weight is 648 g/mol. The summed E-state index contributed by atoms with van der Waals surface area (Å²) in [6.07, 6.45) is -0.113. The molecule has 1 aliphatic rings. The molecule has 0 bridgehead atoms. The number of amides is 2. The van der Waals surface area contributed by atoms with Gasteiger partial charge in [0, 0.05) is 30.0 Å². The molecule has 12 heteroatoms. The largest absolute Gasteiger partial charge is 0.493 e. The highest BCUT2D eigenvalue weighted by Gasteiger charge is 2.54. The fraction of sp³-hybridized carbons (Fsp3) is 0.371. The van der Waals surface area contributed by atoms with Crippen molar-refractivity contribution in [2.24, 2.45) is 5.73 Å². The van der Waals surface area contributed by atoms with E-state index in [1.807, 2.05) is 0 Å². The van der Waals surface area contributed by atoms with Crippen LogP contribution >= 0.6 is 0 Å². The summed E-state index contributed by atoms with van der Waals surface area (Å²) in [6.45, 7) is 1.84. The number of aliphatic carboxylic acids is 1. The fourth-order valence-corrected chi connectivity index (χ4v) is 6.62. The second-order valence-corrected chi connectivity index (χ2v) is 11.6. The number of rotatable bonds is 13. The maximum absolute atomic E-state index is 13.9. The molecular weight excluding hydrogens is 606 g/mol. The Kier molecular flexibility index (Phi) is 10.3. The first-order valence-corrected chi connectivity index (χ1v) is 14.9. The standard InChI is InChI=1S/C35H41N3O9/c1-34(23-12-13-25(43-2)26(18-23)44-3,19-24(36)30(39)21-16-27(45-4)31(47-6)28(17-21)46-5)29-20-35(32(40)41,14-15-38(29)33(37)42)22-10-8-7-9-11-22/h7-13,16-18,29,36H,14-15,19-20H2,1-6H3,(H2,37,42)(H,40,41). The number of carboxylic acid groups (broad SMARTS) is 1. The van der Waals surface area contributed by atoms with Crippen LogP contribution in [0, 0.1) is 5.41 Å². The number of piperidine rings is 1. The van der Waals surface area contributed by atoms with Gasteiger partial charge in [-0.2, -0.15) is 0 Å². The number of urea groups is 1. The van der Waals surface area contributed by atoms with Gasteiger partial charge < -0.3 is 44.8 Å². The van der Waals surface area contributed by atoms with E-state index in [0.717, 1.165) is 0 Å². The Balaban J connectivity index is 1.90. The predicted molar refractivity (Wildman–Crippen MR) is 175 cm³/mol. The summed E-state index contributed by atoms with van der Waals surface area (Å²) in [4.78, 5) is 41.5. The number of methoxy groups -OCH3 is 5. The van der Waals surface area contributed by atoms with E-state index >= 15 is 0 Å². The predicted octanol–water partition coefficient (Wildman–Crippen LogP) is 4.85. The maximum atomic E-state index is 13.9. The first-order chi connectivity index (χ1) is 22.4. The quantitative estimate of drug-likeness (QED) is 0.173. The van der Waals surface area contributed by atoms with Crippen molar-refractivity contribution in [2.75, 3.05) is 42.1 Å². The Bertz CT molecular complexity index is 1640. The first kappa shape index (κ1) is 34.6. The molecule has 0 spiro atoms. The molecule has 0 aliphatic carbocycles. The van der Waals surface area contributed by atoms with Gasteiger partial charge in [0.2, 0.25) is 11.5 Å². The molecule has 250 valence electrons. The molecule has 0 radical (unpaired) electrons. The summed E-state index contributed by atoms with van der Waals surface area (Å²) in [5.74, 6) is -0.0622. The van der Waals surface area contributed by atoms with Crippen molar-refractivity contribution in [2.45, 2.75) is 43.1 Å². The summed E-state index contributed by atoms with van der Waals surface area (Å²) >= 11 is 0. The van der Waals surface area contributed by atoms with Crippen LogP contribution < -0.4 is 29.4 Å². The van der Waals surface area contributed by atoms with Crippen LogP contribution in [-0.4, -0.2) is 81.6 Å². The van der Waals surface area contributed by atoms with Crippen LogP contribution in [0.15, 0.2) is 60.7 Å². The summed E-state index contributed by atoms with van der Waals surface area (Å²) < 4.78 is 27.3. The van der Waals surface area contributed by atoms with Gasteiger partial charge >= 0.3 is 12.0 Å². The number of ether oxygens (including phenoxy) is 5. The Morgan fingerprint density at radius 2 is 1.49 bits per heavy atom. The second kappa shape index (κ2) is 14.0. The highest BCUT2D eigenvalue weighted by molar-refractivity contribution is 6.45. The van der Waals surface area contributed by atoms with Gasteiger partial charge in [0.15, 0.2) is 23.0 Å². The molecule has 3 aromatic carbocycles. The Morgan fingerprint density at radius 1 is 0.894 bits per heavy atom. The monoisotopic (exact) mass is 647 g/mol. The molecule has 4 rings (SSSR count). The van der Waals surface area contributed by atoms with Crippen molar-refractivity contribution < 1.29 is 43.2 Å². The lowest BCUT2D eigenvalue weighted by atomic mass is 9.61. The Labute approximate surface area is 273 Å². The summed E-state index contributed by atoms with van der Waals surface area (Å²) in [5, 5.41) is 19.9. The van der Waals surface area contributed by atoms with Crippen molar-refractivity contribution in [3.63, 3.8) is 0 Å². The third-order valence-corrected chi connectivity index (χ3v) is 9.24. The molecule has 0 aromatic heterocycles. The maximum Gasteiger partial charge on any atom is 0.315 e. The Hall–Kier alpha value is -5.26. The highest BCUT2D eigenvalue weighted by atomic mass is 16.5.